The molecule has 4 aromatic heterocycles. The summed E-state index contributed by atoms with van der Waals surface area (Å²) in [5, 5.41) is 4.08. The highest BCUT2D eigenvalue weighted by Gasteiger charge is 2.16. The zero-order chi connectivity index (χ0) is 17.9. The molecule has 26 heavy (non-hydrogen) atoms. The molecule has 4 rings (SSSR count). The summed E-state index contributed by atoms with van der Waals surface area (Å²) in [7, 11) is 0. The van der Waals surface area contributed by atoms with Gasteiger partial charge >= 0.3 is 0 Å². The maximum Gasteiger partial charge on any atom is 0.172 e. The second kappa shape index (κ2) is 6.67. The van der Waals surface area contributed by atoms with Crippen LogP contribution < -0.4 is 4.74 Å². The third-order valence-corrected chi connectivity index (χ3v) is 3.65. The first-order valence-electron chi connectivity index (χ1n) is 7.74. The van der Waals surface area contributed by atoms with Crippen molar-refractivity contribution in [3.05, 3.63) is 78.5 Å². The standard InChI is InChI=1S/C18H12FN5O2/c19-12-3-4-13(21-8-12)6-17(25)16-7-15(10-24-18(16)22-11-23-24)26-14-2-1-5-20-9-14/h1-5,7-11H,6H2. The van der Waals surface area contributed by atoms with Crippen LogP contribution in [0.25, 0.3) is 5.65 Å². The normalized spacial score (nSPS) is 10.8. The number of halogens is 1. The van der Waals surface area contributed by atoms with Gasteiger partial charge in [0.2, 0.25) is 0 Å². The van der Waals surface area contributed by atoms with E-state index in [9.17, 15) is 9.18 Å². The number of Topliss-reactive ketones (excluding diaryl/α,β-unsaturated/α-hetero) is 1. The Hall–Kier alpha value is -3.68. The Morgan fingerprint density at radius 2 is 2.08 bits per heavy atom. The van der Waals surface area contributed by atoms with Gasteiger partial charge in [-0.15, -0.1) is 0 Å². The lowest BCUT2D eigenvalue weighted by Crippen LogP contribution is -2.08. The Balaban J connectivity index is 1.67. The fraction of sp³-hybridized carbons (Fsp3) is 0.0556. The van der Waals surface area contributed by atoms with Crippen LogP contribution in [0.4, 0.5) is 4.39 Å². The van der Waals surface area contributed by atoms with Crippen LogP contribution in [0.15, 0.2) is 61.4 Å². The van der Waals surface area contributed by atoms with Crippen LogP contribution in [0.3, 0.4) is 0 Å². The molecule has 0 unspecified atom stereocenters. The molecule has 0 aliphatic heterocycles. The van der Waals surface area contributed by atoms with Gasteiger partial charge in [-0.3, -0.25) is 14.8 Å². The van der Waals surface area contributed by atoms with Crippen LogP contribution in [0.1, 0.15) is 16.1 Å². The number of hydrogen-bond donors (Lipinski definition) is 0. The van der Waals surface area contributed by atoms with Gasteiger partial charge in [0.15, 0.2) is 11.4 Å². The third-order valence-electron chi connectivity index (χ3n) is 3.65. The molecule has 0 fully saturated rings. The molecule has 0 aliphatic carbocycles. The van der Waals surface area contributed by atoms with E-state index in [0.717, 1.165) is 6.20 Å². The van der Waals surface area contributed by atoms with Crippen LogP contribution >= 0.6 is 0 Å². The molecule has 0 saturated carbocycles. The molecule has 0 radical (unpaired) electrons. The number of hydrogen-bond acceptors (Lipinski definition) is 6. The van der Waals surface area contributed by atoms with Crippen molar-refractivity contribution in [2.75, 3.05) is 0 Å². The van der Waals surface area contributed by atoms with E-state index >= 15 is 0 Å². The minimum absolute atomic E-state index is 0.0130. The zero-order valence-corrected chi connectivity index (χ0v) is 13.4. The Labute approximate surface area is 147 Å². The number of rotatable bonds is 5. The predicted molar refractivity (Wildman–Crippen MR) is 89.5 cm³/mol. The van der Waals surface area contributed by atoms with Crippen molar-refractivity contribution in [1.82, 2.24) is 24.6 Å². The number of fused-ring (bicyclic) bond motifs is 1. The summed E-state index contributed by atoms with van der Waals surface area (Å²) in [5.74, 6) is 0.281. The van der Waals surface area contributed by atoms with Crippen LogP contribution in [0.5, 0.6) is 11.5 Å². The van der Waals surface area contributed by atoms with Crippen molar-refractivity contribution in [1.29, 1.82) is 0 Å². The first-order chi connectivity index (χ1) is 12.7. The molecule has 0 amide bonds. The van der Waals surface area contributed by atoms with Gasteiger partial charge in [0.05, 0.1) is 30.6 Å². The first-order valence-corrected chi connectivity index (χ1v) is 7.74. The molecule has 4 aromatic rings. The van der Waals surface area contributed by atoms with Crippen LogP contribution in [0.2, 0.25) is 0 Å². The Morgan fingerprint density at radius 3 is 2.85 bits per heavy atom. The van der Waals surface area contributed by atoms with E-state index in [1.165, 1.54) is 23.0 Å². The maximum absolute atomic E-state index is 13.0. The molecule has 128 valence electrons. The summed E-state index contributed by atoms with van der Waals surface area (Å²) in [6.45, 7) is 0. The lowest BCUT2D eigenvalue weighted by Gasteiger charge is -2.08. The van der Waals surface area contributed by atoms with E-state index in [2.05, 4.69) is 20.1 Å². The molecule has 0 aliphatic rings. The summed E-state index contributed by atoms with van der Waals surface area (Å²) in [5.41, 5.74) is 1.22. The van der Waals surface area contributed by atoms with E-state index in [1.807, 2.05) is 0 Å². The second-order valence-electron chi connectivity index (χ2n) is 5.48. The molecule has 8 heteroatoms. The molecular weight excluding hydrogens is 337 g/mol. The Bertz CT molecular complexity index is 1060. The van der Waals surface area contributed by atoms with E-state index in [-0.39, 0.29) is 12.2 Å². The molecule has 0 N–H and O–H groups in total. The number of aromatic nitrogens is 5. The van der Waals surface area contributed by atoms with Gasteiger partial charge in [0, 0.05) is 11.9 Å². The highest BCUT2D eigenvalue weighted by molar-refractivity contribution is 6.02. The van der Waals surface area contributed by atoms with Crippen molar-refractivity contribution in [2.24, 2.45) is 0 Å². The second-order valence-corrected chi connectivity index (χ2v) is 5.48. The number of ether oxygens (including phenoxy) is 1. The Morgan fingerprint density at radius 1 is 1.15 bits per heavy atom. The van der Waals surface area contributed by atoms with Gasteiger partial charge in [0.25, 0.3) is 0 Å². The lowest BCUT2D eigenvalue weighted by molar-refractivity contribution is 0.0992. The quantitative estimate of drug-likeness (QED) is 0.515. The summed E-state index contributed by atoms with van der Waals surface area (Å²) in [6.07, 6.45) is 7.28. The Kier molecular flexibility index (Phi) is 4.06. The molecule has 0 spiro atoms. The van der Waals surface area contributed by atoms with Crippen molar-refractivity contribution in [3.8, 4) is 11.5 Å². The predicted octanol–water partition coefficient (Wildman–Crippen LogP) is 2.88. The average molecular weight is 349 g/mol. The topological polar surface area (TPSA) is 82.3 Å². The molecule has 0 bridgehead atoms. The highest BCUT2D eigenvalue weighted by atomic mass is 19.1. The smallest absolute Gasteiger partial charge is 0.172 e. The van der Waals surface area contributed by atoms with Gasteiger partial charge in [0.1, 0.15) is 23.6 Å². The fourth-order valence-electron chi connectivity index (χ4n) is 2.48. The fourth-order valence-corrected chi connectivity index (χ4v) is 2.48. The van der Waals surface area contributed by atoms with Gasteiger partial charge < -0.3 is 4.74 Å². The summed E-state index contributed by atoms with van der Waals surface area (Å²) >= 11 is 0. The molecule has 0 saturated heterocycles. The van der Waals surface area contributed by atoms with Crippen molar-refractivity contribution in [3.63, 3.8) is 0 Å². The van der Waals surface area contributed by atoms with Gasteiger partial charge in [-0.2, -0.15) is 5.10 Å². The molecule has 7 nitrogen and oxygen atoms in total. The monoisotopic (exact) mass is 349 g/mol. The van der Waals surface area contributed by atoms with E-state index in [0.29, 0.717) is 28.4 Å². The number of carbonyl (C=O) groups excluding carboxylic acids is 1. The van der Waals surface area contributed by atoms with Gasteiger partial charge in [-0.05, 0) is 30.3 Å². The summed E-state index contributed by atoms with van der Waals surface area (Å²) < 4.78 is 20.2. The summed E-state index contributed by atoms with van der Waals surface area (Å²) in [6, 6.07) is 7.84. The minimum Gasteiger partial charge on any atom is -0.454 e. The zero-order valence-electron chi connectivity index (χ0n) is 13.4. The molecule has 0 aromatic carbocycles. The van der Waals surface area contributed by atoms with Crippen LogP contribution in [-0.4, -0.2) is 30.3 Å². The van der Waals surface area contributed by atoms with E-state index in [4.69, 9.17) is 4.74 Å². The molecular formula is C18H12FN5O2. The summed E-state index contributed by atoms with van der Waals surface area (Å²) in [4.78, 5) is 24.8. The van der Waals surface area contributed by atoms with Gasteiger partial charge in [-0.25, -0.2) is 13.9 Å². The lowest BCUT2D eigenvalue weighted by atomic mass is 10.1. The number of nitrogens with zero attached hydrogens (tertiary/aromatic N) is 5. The molecule has 0 atom stereocenters. The number of ketones is 1. The number of pyridine rings is 3. The molecule has 4 heterocycles. The van der Waals surface area contributed by atoms with Crippen molar-refractivity contribution in [2.45, 2.75) is 6.42 Å². The number of carbonyl (C=O) groups is 1. The van der Waals surface area contributed by atoms with Gasteiger partial charge in [-0.1, -0.05) is 0 Å². The van der Waals surface area contributed by atoms with Crippen molar-refractivity contribution < 1.29 is 13.9 Å². The minimum atomic E-state index is -0.451. The van der Waals surface area contributed by atoms with Crippen LogP contribution in [0, 0.1) is 5.82 Å². The van der Waals surface area contributed by atoms with Crippen LogP contribution in [-0.2, 0) is 6.42 Å². The highest BCUT2D eigenvalue weighted by Crippen LogP contribution is 2.24. The SMILES string of the molecule is O=C(Cc1ccc(F)cn1)c1cc(Oc2cccnc2)cn2ncnc12. The first kappa shape index (κ1) is 15.8. The average Bonchev–Trinajstić information content (AvgIpc) is 3.12. The van der Waals surface area contributed by atoms with E-state index < -0.39 is 5.82 Å². The third kappa shape index (κ3) is 3.25. The largest absolute Gasteiger partial charge is 0.454 e. The van der Waals surface area contributed by atoms with Crippen molar-refractivity contribution >= 4 is 11.4 Å². The maximum atomic E-state index is 13.0. The van der Waals surface area contributed by atoms with E-state index in [1.54, 1.807) is 36.8 Å².